The summed E-state index contributed by atoms with van der Waals surface area (Å²) in [5, 5.41) is 12.0. The van der Waals surface area contributed by atoms with Gasteiger partial charge in [-0.15, -0.1) is 0 Å². The van der Waals surface area contributed by atoms with Gasteiger partial charge in [0.15, 0.2) is 0 Å². The third kappa shape index (κ3) is 2.85. The van der Waals surface area contributed by atoms with Gasteiger partial charge >= 0.3 is 5.97 Å². The average Bonchev–Trinajstić information content (AvgIpc) is 2.38. The number of ether oxygens (including phenoxy) is 1. The first-order chi connectivity index (χ1) is 9.51. The fraction of sp³-hybridized carbons (Fsp3) is 0.214. The van der Waals surface area contributed by atoms with Crippen LogP contribution in [0.4, 0.5) is 11.6 Å². The third-order valence-corrected chi connectivity index (χ3v) is 2.86. The summed E-state index contributed by atoms with van der Waals surface area (Å²) < 4.78 is 5.19. The zero-order chi connectivity index (χ0) is 14.7. The van der Waals surface area contributed by atoms with Gasteiger partial charge in [-0.25, -0.2) is 14.8 Å². The van der Waals surface area contributed by atoms with Crippen LogP contribution in [0.25, 0.3) is 0 Å². The number of hydrogen-bond acceptors (Lipinski definition) is 5. The quantitative estimate of drug-likeness (QED) is 0.890. The van der Waals surface area contributed by atoms with Crippen LogP contribution in [-0.4, -0.2) is 28.2 Å². The molecule has 0 aliphatic rings. The van der Waals surface area contributed by atoms with Crippen molar-refractivity contribution in [2.24, 2.45) is 0 Å². The number of anilines is 2. The first kappa shape index (κ1) is 13.8. The number of carbonyl (C=O) groups is 1. The summed E-state index contributed by atoms with van der Waals surface area (Å²) in [6.07, 6.45) is 1.30. The number of hydrogen-bond donors (Lipinski definition) is 2. The van der Waals surface area contributed by atoms with Gasteiger partial charge in [0.1, 0.15) is 5.75 Å². The van der Waals surface area contributed by atoms with E-state index in [-0.39, 0.29) is 5.56 Å². The second kappa shape index (κ2) is 5.56. The topological polar surface area (TPSA) is 84.3 Å². The van der Waals surface area contributed by atoms with Crippen molar-refractivity contribution in [2.75, 3.05) is 12.4 Å². The van der Waals surface area contributed by atoms with E-state index in [1.54, 1.807) is 14.0 Å². The summed E-state index contributed by atoms with van der Waals surface area (Å²) >= 11 is 0. The maximum Gasteiger partial charge on any atom is 0.339 e. The highest BCUT2D eigenvalue weighted by atomic mass is 16.5. The van der Waals surface area contributed by atoms with E-state index in [9.17, 15) is 4.79 Å². The van der Waals surface area contributed by atoms with E-state index in [1.807, 2.05) is 25.1 Å². The third-order valence-electron chi connectivity index (χ3n) is 2.86. The second-order valence-corrected chi connectivity index (χ2v) is 4.31. The minimum Gasteiger partial charge on any atom is -0.496 e. The SMILES string of the molecule is COc1ccc(Nc2ncc(C(=O)O)c(C)n2)cc1C. The number of nitrogens with zero attached hydrogens (tertiary/aromatic N) is 2. The number of carboxylic acid groups (broad SMARTS) is 1. The molecular formula is C14H15N3O3. The number of aryl methyl sites for hydroxylation is 2. The standard InChI is InChI=1S/C14H15N3O3/c1-8-6-10(4-5-12(8)20-3)17-14-15-7-11(13(18)19)9(2)16-14/h4-7H,1-3H3,(H,18,19)(H,15,16,17). The largest absolute Gasteiger partial charge is 0.496 e. The van der Waals surface area contributed by atoms with Crippen molar-refractivity contribution < 1.29 is 14.6 Å². The molecule has 1 aromatic heterocycles. The van der Waals surface area contributed by atoms with Crippen molar-refractivity contribution in [1.29, 1.82) is 0 Å². The highest BCUT2D eigenvalue weighted by Gasteiger charge is 2.10. The number of benzene rings is 1. The Morgan fingerprint density at radius 2 is 2.10 bits per heavy atom. The minimum atomic E-state index is -1.03. The van der Waals surface area contributed by atoms with E-state index < -0.39 is 5.97 Å². The molecule has 6 nitrogen and oxygen atoms in total. The normalized spacial score (nSPS) is 10.2. The minimum absolute atomic E-state index is 0.0986. The fourth-order valence-electron chi connectivity index (χ4n) is 1.82. The van der Waals surface area contributed by atoms with E-state index in [2.05, 4.69) is 15.3 Å². The average molecular weight is 273 g/mol. The Hall–Kier alpha value is -2.63. The zero-order valence-electron chi connectivity index (χ0n) is 11.5. The number of aromatic nitrogens is 2. The van der Waals surface area contributed by atoms with Gasteiger partial charge in [-0.2, -0.15) is 0 Å². The van der Waals surface area contributed by atoms with Gasteiger partial charge < -0.3 is 15.2 Å². The van der Waals surface area contributed by atoms with Gasteiger partial charge in [-0.1, -0.05) is 0 Å². The number of methoxy groups -OCH3 is 1. The number of rotatable bonds is 4. The molecule has 0 aliphatic heterocycles. The maximum absolute atomic E-state index is 10.9. The van der Waals surface area contributed by atoms with Crippen molar-refractivity contribution in [1.82, 2.24) is 9.97 Å². The summed E-state index contributed by atoms with van der Waals surface area (Å²) in [4.78, 5) is 19.0. The molecule has 1 aromatic carbocycles. The Morgan fingerprint density at radius 3 is 2.65 bits per heavy atom. The molecule has 0 fully saturated rings. The summed E-state index contributed by atoms with van der Waals surface area (Å²) in [7, 11) is 1.62. The Labute approximate surface area is 116 Å². The molecule has 0 atom stereocenters. The molecule has 104 valence electrons. The molecule has 2 rings (SSSR count). The monoisotopic (exact) mass is 273 g/mol. The molecule has 1 heterocycles. The first-order valence-corrected chi connectivity index (χ1v) is 6.00. The Kier molecular flexibility index (Phi) is 3.84. The van der Waals surface area contributed by atoms with Gasteiger partial charge in [-0.05, 0) is 37.6 Å². The smallest absolute Gasteiger partial charge is 0.339 e. The Balaban J connectivity index is 2.24. The summed E-state index contributed by atoms with van der Waals surface area (Å²) in [6.45, 7) is 3.57. The van der Waals surface area contributed by atoms with Gasteiger partial charge in [0.25, 0.3) is 0 Å². The molecule has 0 saturated carbocycles. The second-order valence-electron chi connectivity index (χ2n) is 4.31. The van der Waals surface area contributed by atoms with E-state index in [0.29, 0.717) is 11.6 Å². The van der Waals surface area contributed by atoms with Crippen LogP contribution in [0.15, 0.2) is 24.4 Å². The number of aromatic carboxylic acids is 1. The molecule has 0 aliphatic carbocycles. The van der Waals surface area contributed by atoms with Crippen LogP contribution in [0.3, 0.4) is 0 Å². The van der Waals surface area contributed by atoms with E-state index >= 15 is 0 Å². The van der Waals surface area contributed by atoms with Crippen molar-refractivity contribution in [3.05, 3.63) is 41.2 Å². The molecule has 6 heteroatoms. The molecule has 2 aromatic rings. The lowest BCUT2D eigenvalue weighted by Crippen LogP contribution is -2.06. The molecule has 20 heavy (non-hydrogen) atoms. The van der Waals surface area contributed by atoms with E-state index in [4.69, 9.17) is 9.84 Å². The molecule has 0 radical (unpaired) electrons. The summed E-state index contributed by atoms with van der Waals surface area (Å²) in [5.74, 6) is 0.125. The van der Waals surface area contributed by atoms with E-state index in [0.717, 1.165) is 17.0 Å². The van der Waals surface area contributed by atoms with Crippen LogP contribution < -0.4 is 10.1 Å². The van der Waals surface area contributed by atoms with Crippen LogP contribution in [0.2, 0.25) is 0 Å². The molecule has 0 bridgehead atoms. The molecule has 0 spiro atoms. The fourth-order valence-corrected chi connectivity index (χ4v) is 1.82. The summed E-state index contributed by atoms with van der Waals surface area (Å²) in [6, 6.07) is 5.59. The zero-order valence-corrected chi connectivity index (χ0v) is 11.5. The lowest BCUT2D eigenvalue weighted by Gasteiger charge is -2.09. The van der Waals surface area contributed by atoms with Gasteiger partial charge in [-0.3, -0.25) is 0 Å². The van der Waals surface area contributed by atoms with E-state index in [1.165, 1.54) is 6.20 Å². The molecule has 0 unspecified atom stereocenters. The molecular weight excluding hydrogens is 258 g/mol. The summed E-state index contributed by atoms with van der Waals surface area (Å²) in [5.41, 5.74) is 2.31. The lowest BCUT2D eigenvalue weighted by molar-refractivity contribution is 0.0695. The molecule has 0 saturated heterocycles. The molecule has 0 amide bonds. The number of carboxylic acids is 1. The van der Waals surface area contributed by atoms with Crippen LogP contribution in [0.1, 0.15) is 21.6 Å². The predicted octanol–water partition coefficient (Wildman–Crippen LogP) is 2.54. The Bertz CT molecular complexity index is 656. The predicted molar refractivity (Wildman–Crippen MR) is 74.7 cm³/mol. The first-order valence-electron chi connectivity index (χ1n) is 6.00. The van der Waals surface area contributed by atoms with Crippen LogP contribution >= 0.6 is 0 Å². The molecule has 2 N–H and O–H groups in total. The van der Waals surface area contributed by atoms with Gasteiger partial charge in [0.05, 0.1) is 18.4 Å². The highest BCUT2D eigenvalue weighted by Crippen LogP contribution is 2.23. The number of nitrogens with one attached hydrogen (secondary N) is 1. The van der Waals surface area contributed by atoms with Crippen molar-refractivity contribution >= 4 is 17.6 Å². The van der Waals surface area contributed by atoms with Crippen LogP contribution in [-0.2, 0) is 0 Å². The van der Waals surface area contributed by atoms with Crippen molar-refractivity contribution in [2.45, 2.75) is 13.8 Å². The van der Waals surface area contributed by atoms with Crippen molar-refractivity contribution in [3.63, 3.8) is 0 Å². The van der Waals surface area contributed by atoms with Crippen LogP contribution in [0.5, 0.6) is 5.75 Å². The Morgan fingerprint density at radius 1 is 1.35 bits per heavy atom. The maximum atomic E-state index is 10.9. The van der Waals surface area contributed by atoms with Gasteiger partial charge in [0, 0.05) is 11.9 Å². The lowest BCUT2D eigenvalue weighted by atomic mass is 10.2. The van der Waals surface area contributed by atoms with Crippen molar-refractivity contribution in [3.8, 4) is 5.75 Å². The highest BCUT2D eigenvalue weighted by molar-refractivity contribution is 5.88. The van der Waals surface area contributed by atoms with Gasteiger partial charge in [0.2, 0.25) is 5.95 Å². The van der Waals surface area contributed by atoms with Crippen LogP contribution in [0, 0.1) is 13.8 Å².